The molecule has 0 spiro atoms. The summed E-state index contributed by atoms with van der Waals surface area (Å²) in [6.45, 7) is 2.83. The van der Waals surface area contributed by atoms with Gasteiger partial charge in [0.25, 0.3) is 5.78 Å². The van der Waals surface area contributed by atoms with Crippen LogP contribution in [-0.2, 0) is 0 Å². The van der Waals surface area contributed by atoms with Crippen LogP contribution in [0.3, 0.4) is 0 Å². The maximum atomic E-state index is 8.71. The zero-order valence-corrected chi connectivity index (χ0v) is 10.3. The van der Waals surface area contributed by atoms with Crippen molar-refractivity contribution in [3.63, 3.8) is 0 Å². The van der Waals surface area contributed by atoms with E-state index >= 15 is 0 Å². The fraction of sp³-hybridized carbons (Fsp3) is 0.500. The van der Waals surface area contributed by atoms with E-state index in [0.717, 1.165) is 30.8 Å². The molecule has 2 rings (SSSR count). The lowest BCUT2D eigenvalue weighted by Gasteiger charge is -2.11. The minimum absolute atomic E-state index is 0.205. The third-order valence-corrected chi connectivity index (χ3v) is 2.85. The molecule has 92 valence electrons. The van der Waals surface area contributed by atoms with E-state index in [1.165, 1.54) is 6.33 Å². The molecule has 2 heterocycles. The van der Waals surface area contributed by atoms with E-state index in [4.69, 9.17) is 16.7 Å². The Morgan fingerprint density at radius 1 is 1.47 bits per heavy atom. The molecule has 2 N–H and O–H groups in total. The van der Waals surface area contributed by atoms with Gasteiger partial charge in [0.2, 0.25) is 0 Å². The molecule has 0 aromatic carbocycles. The van der Waals surface area contributed by atoms with Crippen molar-refractivity contribution in [2.45, 2.75) is 19.8 Å². The average molecular weight is 256 g/mol. The summed E-state index contributed by atoms with van der Waals surface area (Å²) in [7, 11) is 0. The number of nitrogens with zero attached hydrogens (tertiary/aromatic N) is 4. The number of fused-ring (bicyclic) bond motifs is 1. The maximum Gasteiger partial charge on any atom is 0.255 e. The van der Waals surface area contributed by atoms with Crippen LogP contribution in [0.1, 0.15) is 18.4 Å². The van der Waals surface area contributed by atoms with Crippen LogP contribution in [0.2, 0.25) is 5.15 Å². The number of anilines is 1. The van der Waals surface area contributed by atoms with Crippen LogP contribution in [0.5, 0.6) is 0 Å². The molecule has 0 bridgehead atoms. The van der Waals surface area contributed by atoms with Gasteiger partial charge in [-0.15, -0.1) is 0 Å². The minimum Gasteiger partial charge on any atom is -0.396 e. The monoisotopic (exact) mass is 255 g/mol. The Kier molecular flexibility index (Phi) is 3.75. The Balaban J connectivity index is 2.24. The molecule has 0 amide bonds. The van der Waals surface area contributed by atoms with Crippen molar-refractivity contribution in [2.75, 3.05) is 18.5 Å². The van der Waals surface area contributed by atoms with E-state index in [0.29, 0.717) is 10.9 Å². The second-order valence-corrected chi connectivity index (χ2v) is 4.06. The van der Waals surface area contributed by atoms with E-state index in [2.05, 4.69) is 20.4 Å². The first-order valence-electron chi connectivity index (χ1n) is 5.44. The van der Waals surface area contributed by atoms with Crippen molar-refractivity contribution in [1.29, 1.82) is 0 Å². The molecule has 0 saturated carbocycles. The quantitative estimate of drug-likeness (QED) is 0.622. The first kappa shape index (κ1) is 12.1. The number of unbranched alkanes of at least 4 members (excludes halogenated alkanes) is 1. The Morgan fingerprint density at radius 2 is 2.29 bits per heavy atom. The number of halogens is 1. The predicted molar refractivity (Wildman–Crippen MR) is 65.3 cm³/mol. The maximum absolute atomic E-state index is 8.71. The van der Waals surface area contributed by atoms with Crippen molar-refractivity contribution >= 4 is 23.2 Å². The SMILES string of the molecule is Cc1c(Cl)nc2ncnn2c1NCCCCO. The highest BCUT2D eigenvalue weighted by Crippen LogP contribution is 2.21. The summed E-state index contributed by atoms with van der Waals surface area (Å²) in [6, 6.07) is 0. The molecule has 0 aliphatic rings. The van der Waals surface area contributed by atoms with E-state index in [1.54, 1.807) is 4.52 Å². The Bertz CT molecular complexity index is 513. The molecule has 0 radical (unpaired) electrons. The number of aliphatic hydroxyl groups is 1. The summed E-state index contributed by atoms with van der Waals surface area (Å²) in [5, 5.41) is 16.5. The fourth-order valence-electron chi connectivity index (χ4n) is 1.55. The highest BCUT2D eigenvalue weighted by Gasteiger charge is 2.11. The van der Waals surface area contributed by atoms with Gasteiger partial charge in [0.05, 0.1) is 0 Å². The molecule has 0 aliphatic heterocycles. The molecule has 2 aromatic heterocycles. The van der Waals surface area contributed by atoms with Gasteiger partial charge >= 0.3 is 0 Å². The number of nitrogens with one attached hydrogen (secondary N) is 1. The third-order valence-electron chi connectivity index (χ3n) is 2.48. The average Bonchev–Trinajstić information content (AvgIpc) is 2.76. The number of hydrogen-bond donors (Lipinski definition) is 2. The molecule has 0 atom stereocenters. The van der Waals surface area contributed by atoms with E-state index in [1.807, 2.05) is 6.92 Å². The van der Waals surface area contributed by atoms with Crippen LogP contribution in [0.15, 0.2) is 6.33 Å². The van der Waals surface area contributed by atoms with Gasteiger partial charge in [-0.2, -0.15) is 19.6 Å². The molecule has 2 aromatic rings. The molecular formula is C10H14ClN5O. The number of hydrogen-bond acceptors (Lipinski definition) is 5. The first-order chi connectivity index (χ1) is 8.24. The van der Waals surface area contributed by atoms with Gasteiger partial charge in [-0.05, 0) is 19.8 Å². The molecule has 6 nitrogen and oxygen atoms in total. The lowest BCUT2D eigenvalue weighted by molar-refractivity contribution is 0.286. The Labute approximate surface area is 104 Å². The van der Waals surface area contributed by atoms with Gasteiger partial charge in [-0.1, -0.05) is 11.6 Å². The minimum atomic E-state index is 0.205. The van der Waals surface area contributed by atoms with Crippen LogP contribution >= 0.6 is 11.6 Å². The lowest BCUT2D eigenvalue weighted by Crippen LogP contribution is -2.10. The summed E-state index contributed by atoms with van der Waals surface area (Å²) in [4.78, 5) is 8.12. The largest absolute Gasteiger partial charge is 0.396 e. The van der Waals surface area contributed by atoms with Crippen LogP contribution in [-0.4, -0.2) is 37.8 Å². The van der Waals surface area contributed by atoms with Crippen molar-refractivity contribution in [3.8, 4) is 0 Å². The van der Waals surface area contributed by atoms with E-state index < -0.39 is 0 Å². The lowest BCUT2D eigenvalue weighted by atomic mass is 10.3. The van der Waals surface area contributed by atoms with Gasteiger partial charge in [0, 0.05) is 18.7 Å². The molecule has 0 aliphatic carbocycles. The highest BCUT2D eigenvalue weighted by molar-refractivity contribution is 6.30. The molecular weight excluding hydrogens is 242 g/mol. The second-order valence-electron chi connectivity index (χ2n) is 3.71. The number of aromatic nitrogens is 4. The van der Waals surface area contributed by atoms with Crippen molar-refractivity contribution in [3.05, 3.63) is 17.0 Å². The van der Waals surface area contributed by atoms with Crippen LogP contribution in [0.25, 0.3) is 5.78 Å². The topological polar surface area (TPSA) is 75.3 Å². The van der Waals surface area contributed by atoms with Crippen molar-refractivity contribution in [1.82, 2.24) is 19.6 Å². The number of aliphatic hydroxyl groups excluding tert-OH is 1. The van der Waals surface area contributed by atoms with E-state index in [-0.39, 0.29) is 6.61 Å². The van der Waals surface area contributed by atoms with Gasteiger partial charge < -0.3 is 10.4 Å². The summed E-state index contributed by atoms with van der Waals surface area (Å²) in [5.41, 5.74) is 0.841. The normalized spacial score (nSPS) is 11.0. The smallest absolute Gasteiger partial charge is 0.255 e. The zero-order chi connectivity index (χ0) is 12.3. The number of rotatable bonds is 5. The second kappa shape index (κ2) is 5.29. The highest BCUT2D eigenvalue weighted by atomic mass is 35.5. The summed E-state index contributed by atoms with van der Waals surface area (Å²) in [6.07, 6.45) is 3.09. The molecule has 17 heavy (non-hydrogen) atoms. The van der Waals surface area contributed by atoms with Gasteiger partial charge in [-0.3, -0.25) is 0 Å². The third kappa shape index (κ3) is 2.48. The Morgan fingerprint density at radius 3 is 3.06 bits per heavy atom. The molecule has 7 heteroatoms. The van der Waals surface area contributed by atoms with Gasteiger partial charge in [0.15, 0.2) is 0 Å². The first-order valence-corrected chi connectivity index (χ1v) is 5.82. The van der Waals surface area contributed by atoms with E-state index in [9.17, 15) is 0 Å². The summed E-state index contributed by atoms with van der Waals surface area (Å²) in [5.74, 6) is 1.28. The van der Waals surface area contributed by atoms with Crippen molar-refractivity contribution < 1.29 is 5.11 Å². The molecule has 0 fully saturated rings. The van der Waals surface area contributed by atoms with Gasteiger partial charge in [-0.25, -0.2) is 0 Å². The zero-order valence-electron chi connectivity index (χ0n) is 9.52. The predicted octanol–water partition coefficient (Wildman–Crippen LogP) is 1.27. The molecule has 0 saturated heterocycles. The van der Waals surface area contributed by atoms with Crippen LogP contribution in [0.4, 0.5) is 5.82 Å². The summed E-state index contributed by atoms with van der Waals surface area (Å²) < 4.78 is 1.63. The standard InChI is InChI=1S/C10H14ClN5O/c1-7-8(11)15-10-13-6-14-16(10)9(7)12-4-2-3-5-17/h6,12,17H,2-5H2,1H3. The van der Waals surface area contributed by atoms with Crippen molar-refractivity contribution in [2.24, 2.45) is 0 Å². The van der Waals surface area contributed by atoms with Crippen LogP contribution < -0.4 is 5.32 Å². The fourth-order valence-corrected chi connectivity index (χ4v) is 1.71. The van der Waals surface area contributed by atoms with Crippen LogP contribution in [0, 0.1) is 6.92 Å². The van der Waals surface area contributed by atoms with Gasteiger partial charge in [0.1, 0.15) is 17.3 Å². The molecule has 0 unspecified atom stereocenters. The summed E-state index contributed by atoms with van der Waals surface area (Å²) >= 11 is 6.02. The Hall–Kier alpha value is -1.40.